The van der Waals surface area contributed by atoms with Crippen molar-refractivity contribution in [3.05, 3.63) is 78.0 Å². The highest BCUT2D eigenvalue weighted by Gasteiger charge is 2.18. The maximum absolute atomic E-state index is 7.79. The molecular formula is C20H23NO2Si. The van der Waals surface area contributed by atoms with Gasteiger partial charge in [0.25, 0.3) is 0 Å². The van der Waals surface area contributed by atoms with Crippen molar-refractivity contribution in [2.45, 2.75) is 25.7 Å². The van der Waals surface area contributed by atoms with Crippen LogP contribution in [0.5, 0.6) is 0 Å². The molecule has 0 saturated heterocycles. The van der Waals surface area contributed by atoms with Gasteiger partial charge in [-0.1, -0.05) is 42.5 Å². The molecule has 0 radical (unpaired) electrons. The zero-order chi connectivity index (χ0) is 17.9. The summed E-state index contributed by atoms with van der Waals surface area (Å²) >= 11 is 0. The van der Waals surface area contributed by atoms with Crippen LogP contribution in [-0.2, 0) is 9.16 Å². The Morgan fingerprint density at radius 2 is 1.83 bits per heavy atom. The summed E-state index contributed by atoms with van der Waals surface area (Å²) in [7, 11) is -1.64. The Kier molecular flexibility index (Phi) is 4.69. The fourth-order valence-corrected chi connectivity index (χ4v) is 2.92. The average Bonchev–Trinajstić information content (AvgIpc) is 2.58. The van der Waals surface area contributed by atoms with Gasteiger partial charge in [-0.25, -0.2) is 0 Å². The van der Waals surface area contributed by atoms with Crippen LogP contribution < -0.4 is 0 Å². The van der Waals surface area contributed by atoms with Gasteiger partial charge in [0.15, 0.2) is 8.32 Å². The second kappa shape index (κ2) is 7.26. The molecule has 1 heterocycles. The van der Waals surface area contributed by atoms with Gasteiger partial charge in [0.05, 0.1) is 6.89 Å². The van der Waals surface area contributed by atoms with E-state index in [9.17, 15) is 0 Å². The van der Waals surface area contributed by atoms with Crippen LogP contribution in [0.15, 0.2) is 66.8 Å². The molecule has 0 bridgehead atoms. The smallest absolute Gasteiger partial charge is 0.186 e. The molecule has 1 aromatic heterocycles. The topological polar surface area (TPSA) is 31.4 Å². The predicted molar refractivity (Wildman–Crippen MR) is 100 cm³/mol. The molecule has 1 atom stereocenters. The Morgan fingerprint density at radius 1 is 1.04 bits per heavy atom. The van der Waals surface area contributed by atoms with E-state index in [-0.39, 0.29) is 12.9 Å². The molecule has 0 N–H and O–H groups in total. The molecule has 0 aliphatic rings. The number of hydrogen-bond acceptors (Lipinski definition) is 3. The average molecular weight is 339 g/mol. The van der Waals surface area contributed by atoms with Gasteiger partial charge in [0.2, 0.25) is 0 Å². The number of rotatable bonds is 6. The Morgan fingerprint density at radius 3 is 2.58 bits per heavy atom. The number of ether oxygens (including phenoxy) is 1. The van der Waals surface area contributed by atoms with Crippen LogP contribution in [0.4, 0.5) is 0 Å². The highest BCUT2D eigenvalue weighted by molar-refractivity contribution is 6.69. The van der Waals surface area contributed by atoms with Gasteiger partial charge >= 0.3 is 0 Å². The van der Waals surface area contributed by atoms with E-state index >= 15 is 0 Å². The molecule has 3 nitrogen and oxygen atoms in total. The standard InChI is InChI=1S/C20H23NO2Si/c1-24(2,3)23-15-22-20(16-8-5-4-6-9-16)18-11-12-19-17(14-18)10-7-13-21-19/h4-14,20H,15H2,1-3H3/i7D. The fraction of sp³-hybridized carbons (Fsp3) is 0.250. The van der Waals surface area contributed by atoms with Crippen LogP contribution >= 0.6 is 0 Å². The van der Waals surface area contributed by atoms with E-state index in [1.54, 1.807) is 6.20 Å². The fourth-order valence-electron chi connectivity index (χ4n) is 2.49. The van der Waals surface area contributed by atoms with Gasteiger partial charge in [-0.05, 0) is 48.9 Å². The highest BCUT2D eigenvalue weighted by Crippen LogP contribution is 2.28. The Labute approximate surface area is 145 Å². The number of pyridine rings is 1. The maximum atomic E-state index is 7.79. The third-order valence-corrected chi connectivity index (χ3v) is 4.68. The van der Waals surface area contributed by atoms with E-state index in [2.05, 4.69) is 36.8 Å². The van der Waals surface area contributed by atoms with E-state index in [1.807, 2.05) is 42.5 Å². The van der Waals surface area contributed by atoms with Crippen molar-refractivity contribution in [1.29, 1.82) is 0 Å². The number of fused-ring (bicyclic) bond motifs is 1. The molecule has 0 spiro atoms. The summed E-state index contributed by atoms with van der Waals surface area (Å²) in [6, 6.07) is 18.4. The second-order valence-electron chi connectivity index (χ2n) is 6.72. The molecule has 2 aromatic carbocycles. The summed E-state index contributed by atoms with van der Waals surface area (Å²) in [6.07, 6.45) is 1.35. The largest absolute Gasteiger partial charge is 0.395 e. The highest BCUT2D eigenvalue weighted by atomic mass is 28.4. The van der Waals surface area contributed by atoms with Gasteiger partial charge in [0.1, 0.15) is 12.9 Å². The third-order valence-electron chi connectivity index (χ3n) is 3.70. The summed E-state index contributed by atoms with van der Waals surface area (Å²) in [5.74, 6) is 0. The van der Waals surface area contributed by atoms with E-state index in [0.29, 0.717) is 6.04 Å². The van der Waals surface area contributed by atoms with Crippen LogP contribution in [0, 0.1) is 0 Å². The summed E-state index contributed by atoms with van der Waals surface area (Å²) in [5.41, 5.74) is 2.99. The quantitative estimate of drug-likeness (QED) is 0.460. The van der Waals surface area contributed by atoms with Crippen LogP contribution in [0.1, 0.15) is 18.6 Å². The molecule has 0 amide bonds. The minimum absolute atomic E-state index is 0.212. The van der Waals surface area contributed by atoms with Crippen molar-refractivity contribution in [3.63, 3.8) is 0 Å². The Bertz CT molecular complexity index is 849. The van der Waals surface area contributed by atoms with Gasteiger partial charge in [-0.2, -0.15) is 0 Å². The van der Waals surface area contributed by atoms with Crippen molar-refractivity contribution in [2.75, 3.05) is 6.79 Å². The van der Waals surface area contributed by atoms with Gasteiger partial charge in [-0.3, -0.25) is 4.98 Å². The zero-order valence-corrected chi connectivity index (χ0v) is 15.3. The minimum Gasteiger partial charge on any atom is -0.395 e. The lowest BCUT2D eigenvalue weighted by molar-refractivity contribution is -0.0244. The molecule has 3 rings (SSSR count). The Hall–Kier alpha value is -2.01. The van der Waals surface area contributed by atoms with E-state index in [4.69, 9.17) is 10.5 Å². The first-order valence-electron chi connectivity index (χ1n) is 8.59. The molecule has 3 aromatic rings. The van der Waals surface area contributed by atoms with Crippen molar-refractivity contribution in [1.82, 2.24) is 4.98 Å². The number of benzene rings is 2. The van der Waals surface area contributed by atoms with Crippen LogP contribution in [0.25, 0.3) is 10.9 Å². The van der Waals surface area contributed by atoms with Crippen LogP contribution in [0.2, 0.25) is 19.6 Å². The minimum atomic E-state index is -1.64. The lowest BCUT2D eigenvalue weighted by Gasteiger charge is -2.23. The SMILES string of the molecule is [2H]c1cnc2ccc(C(OCO[Si](C)(C)C)c3ccccc3)cc2c1. The molecule has 4 heteroatoms. The molecule has 1 unspecified atom stereocenters. The summed E-state index contributed by atoms with van der Waals surface area (Å²) in [6.45, 7) is 6.70. The number of hydrogen-bond donors (Lipinski definition) is 0. The monoisotopic (exact) mass is 338 g/mol. The normalized spacial score (nSPS) is 13.7. The second-order valence-corrected chi connectivity index (χ2v) is 11.2. The van der Waals surface area contributed by atoms with Gasteiger partial charge in [-0.15, -0.1) is 0 Å². The zero-order valence-electron chi connectivity index (χ0n) is 15.3. The molecular weight excluding hydrogens is 314 g/mol. The summed E-state index contributed by atoms with van der Waals surface area (Å²) in [5, 5.41) is 0.945. The summed E-state index contributed by atoms with van der Waals surface area (Å²) in [4.78, 5) is 4.30. The molecule has 0 aliphatic carbocycles. The number of aromatic nitrogens is 1. The van der Waals surface area contributed by atoms with Crippen molar-refractivity contribution in [3.8, 4) is 0 Å². The van der Waals surface area contributed by atoms with Crippen molar-refractivity contribution >= 4 is 19.2 Å². The first kappa shape index (κ1) is 15.5. The molecule has 0 saturated carbocycles. The van der Waals surface area contributed by atoms with Crippen LogP contribution in [-0.4, -0.2) is 20.1 Å². The van der Waals surface area contributed by atoms with Crippen molar-refractivity contribution < 1.29 is 10.5 Å². The first-order chi connectivity index (χ1) is 11.9. The molecule has 0 fully saturated rings. The third kappa shape index (κ3) is 4.29. The molecule has 0 aliphatic heterocycles. The Balaban J connectivity index is 1.93. The van der Waals surface area contributed by atoms with Gasteiger partial charge < -0.3 is 9.16 Å². The van der Waals surface area contributed by atoms with Crippen molar-refractivity contribution in [2.24, 2.45) is 0 Å². The molecule has 124 valence electrons. The summed E-state index contributed by atoms with van der Waals surface area (Å²) < 4.78 is 19.8. The lowest BCUT2D eigenvalue weighted by Crippen LogP contribution is -2.27. The predicted octanol–water partition coefficient (Wildman–Crippen LogP) is 5.15. The molecule has 24 heavy (non-hydrogen) atoms. The van der Waals surface area contributed by atoms with Crippen LogP contribution in [0.3, 0.4) is 0 Å². The van der Waals surface area contributed by atoms with E-state index < -0.39 is 8.32 Å². The maximum Gasteiger partial charge on any atom is 0.186 e. The van der Waals surface area contributed by atoms with Gasteiger partial charge in [0, 0.05) is 11.6 Å². The number of nitrogens with zero attached hydrogens (tertiary/aromatic N) is 1. The first-order valence-corrected chi connectivity index (χ1v) is 11.5. The van der Waals surface area contributed by atoms with E-state index in [1.165, 1.54) is 0 Å². The lowest BCUT2D eigenvalue weighted by atomic mass is 10.00. The van der Waals surface area contributed by atoms with E-state index in [0.717, 1.165) is 22.0 Å².